The van der Waals surface area contributed by atoms with Gasteiger partial charge in [0.15, 0.2) is 0 Å². The number of rotatable bonds is 4. The van der Waals surface area contributed by atoms with Gasteiger partial charge < -0.3 is 10.0 Å². The number of amides is 1. The van der Waals surface area contributed by atoms with Gasteiger partial charge in [-0.3, -0.25) is 14.3 Å². The molecule has 2 aromatic rings. The van der Waals surface area contributed by atoms with Crippen LogP contribution < -0.4 is 0 Å². The summed E-state index contributed by atoms with van der Waals surface area (Å²) >= 11 is 0. The zero-order valence-electron chi connectivity index (χ0n) is 14.1. The fraction of sp³-hybridized carbons (Fsp3) is 0.389. The highest BCUT2D eigenvalue weighted by Crippen LogP contribution is 2.35. The molecule has 6 nitrogen and oxygen atoms in total. The number of likely N-dealkylation sites (tertiary alicyclic amines) is 1. The molecule has 1 amide bonds. The van der Waals surface area contributed by atoms with Crippen molar-refractivity contribution in [2.24, 2.45) is 5.92 Å². The molecule has 0 bridgehead atoms. The van der Waals surface area contributed by atoms with Crippen molar-refractivity contribution in [2.45, 2.75) is 26.3 Å². The summed E-state index contributed by atoms with van der Waals surface area (Å²) in [4.78, 5) is 25.9. The molecule has 0 unspecified atom stereocenters. The van der Waals surface area contributed by atoms with Crippen molar-refractivity contribution in [2.75, 3.05) is 13.1 Å². The van der Waals surface area contributed by atoms with E-state index in [1.54, 1.807) is 22.9 Å². The first kappa shape index (κ1) is 17.1. The molecule has 3 rings (SSSR count). The average Bonchev–Trinajstić information content (AvgIpc) is 3.18. The number of carboxylic acids is 1. The molecule has 25 heavy (non-hydrogen) atoms. The summed E-state index contributed by atoms with van der Waals surface area (Å²) in [6.07, 6.45) is 1.51. The van der Waals surface area contributed by atoms with E-state index in [1.165, 1.54) is 17.2 Å². The number of carbonyl (C=O) groups is 2. The first-order valence-electron chi connectivity index (χ1n) is 8.23. The number of aliphatic carboxylic acids is 1. The molecule has 2 atom stereocenters. The molecule has 1 N–H and O–H groups in total. The Morgan fingerprint density at radius 2 is 2.04 bits per heavy atom. The topological polar surface area (TPSA) is 75.4 Å². The lowest BCUT2D eigenvalue weighted by Crippen LogP contribution is -2.30. The molecule has 0 saturated carbocycles. The molecule has 132 valence electrons. The van der Waals surface area contributed by atoms with E-state index >= 15 is 0 Å². The molecule has 1 aromatic heterocycles. The molecular formula is C18H20FN3O3. The van der Waals surface area contributed by atoms with Crippen LogP contribution in [0.25, 0.3) is 0 Å². The minimum atomic E-state index is -1.02. The van der Waals surface area contributed by atoms with E-state index in [9.17, 15) is 19.1 Å². The predicted octanol–water partition coefficient (Wildman–Crippen LogP) is 2.29. The highest BCUT2D eigenvalue weighted by atomic mass is 19.1. The average molecular weight is 345 g/mol. The summed E-state index contributed by atoms with van der Waals surface area (Å²) in [7, 11) is 0. The van der Waals surface area contributed by atoms with Gasteiger partial charge in [0.2, 0.25) is 0 Å². The van der Waals surface area contributed by atoms with E-state index in [1.807, 2.05) is 13.8 Å². The second-order valence-corrected chi connectivity index (χ2v) is 6.24. The molecule has 1 aliphatic heterocycles. The van der Waals surface area contributed by atoms with Crippen LogP contribution in [0.5, 0.6) is 0 Å². The van der Waals surface area contributed by atoms with Crippen molar-refractivity contribution in [1.82, 2.24) is 14.7 Å². The Morgan fingerprint density at radius 1 is 1.32 bits per heavy atom. The molecule has 0 aliphatic carbocycles. The Hall–Kier alpha value is -2.70. The molecule has 7 heteroatoms. The first-order valence-corrected chi connectivity index (χ1v) is 8.23. The van der Waals surface area contributed by atoms with Crippen LogP contribution in [0.4, 0.5) is 4.39 Å². The Kier molecular flexibility index (Phi) is 4.57. The Morgan fingerprint density at radius 3 is 2.64 bits per heavy atom. The minimum absolute atomic E-state index is 0.0594. The van der Waals surface area contributed by atoms with Crippen LogP contribution in [-0.2, 0) is 11.3 Å². The quantitative estimate of drug-likeness (QED) is 0.922. The molecule has 1 aliphatic rings. The van der Waals surface area contributed by atoms with Gasteiger partial charge in [-0.05, 0) is 25.5 Å². The van der Waals surface area contributed by atoms with Gasteiger partial charge in [-0.1, -0.05) is 18.2 Å². The molecule has 0 radical (unpaired) electrons. The van der Waals surface area contributed by atoms with Gasteiger partial charge in [-0.25, -0.2) is 4.39 Å². The number of halogens is 1. The van der Waals surface area contributed by atoms with Crippen LogP contribution in [0, 0.1) is 18.7 Å². The van der Waals surface area contributed by atoms with Gasteiger partial charge in [0.25, 0.3) is 5.91 Å². The molecule has 2 heterocycles. The largest absolute Gasteiger partial charge is 0.481 e. The van der Waals surface area contributed by atoms with Crippen LogP contribution in [0.3, 0.4) is 0 Å². The number of benzene rings is 1. The van der Waals surface area contributed by atoms with Crippen LogP contribution in [0.2, 0.25) is 0 Å². The third kappa shape index (κ3) is 3.01. The Bertz CT molecular complexity index is 818. The van der Waals surface area contributed by atoms with E-state index < -0.39 is 23.6 Å². The highest BCUT2D eigenvalue weighted by Gasteiger charge is 2.42. The minimum Gasteiger partial charge on any atom is -0.481 e. The Balaban J connectivity index is 1.89. The van der Waals surface area contributed by atoms with Gasteiger partial charge in [-0.2, -0.15) is 5.10 Å². The lowest BCUT2D eigenvalue weighted by atomic mass is 9.89. The summed E-state index contributed by atoms with van der Waals surface area (Å²) in [6, 6.07) is 6.14. The lowest BCUT2D eigenvalue weighted by molar-refractivity contribution is -0.141. The zero-order chi connectivity index (χ0) is 18.1. The number of carbonyl (C=O) groups excluding carboxylic acids is 1. The second kappa shape index (κ2) is 6.66. The monoisotopic (exact) mass is 345 g/mol. The SMILES string of the molecule is CCn1ncc(C(=O)N2C[C@H](C(=O)O)[C@@H](c3ccccc3F)C2)c1C. The standard InChI is InChI=1S/C18H20FN3O3/c1-3-22-11(2)13(8-20-22)17(23)21-9-14(15(10-21)18(24)25)12-6-4-5-7-16(12)19/h4-8,14-15H,3,9-10H2,1-2H3,(H,24,25)/t14-,15+/m1/s1. The van der Waals surface area contributed by atoms with Crippen molar-refractivity contribution in [3.63, 3.8) is 0 Å². The molecule has 1 fully saturated rings. The summed E-state index contributed by atoms with van der Waals surface area (Å²) in [5.41, 5.74) is 1.54. The lowest BCUT2D eigenvalue weighted by Gasteiger charge is -2.17. The summed E-state index contributed by atoms with van der Waals surface area (Å²) in [5, 5.41) is 13.7. The van der Waals surface area contributed by atoms with E-state index in [4.69, 9.17) is 0 Å². The fourth-order valence-corrected chi connectivity index (χ4v) is 3.46. The number of hydrogen-bond donors (Lipinski definition) is 1. The third-order valence-corrected chi connectivity index (χ3v) is 4.86. The van der Waals surface area contributed by atoms with Gasteiger partial charge in [0.05, 0.1) is 17.7 Å². The molecule has 1 aromatic carbocycles. The van der Waals surface area contributed by atoms with Gasteiger partial charge in [0, 0.05) is 31.2 Å². The maximum Gasteiger partial charge on any atom is 0.308 e. The second-order valence-electron chi connectivity index (χ2n) is 6.24. The van der Waals surface area contributed by atoms with Crippen molar-refractivity contribution in [1.29, 1.82) is 0 Å². The van der Waals surface area contributed by atoms with Crippen LogP contribution >= 0.6 is 0 Å². The third-order valence-electron chi connectivity index (χ3n) is 4.86. The van der Waals surface area contributed by atoms with E-state index in [2.05, 4.69) is 5.10 Å². The summed E-state index contributed by atoms with van der Waals surface area (Å²) in [6.45, 7) is 4.62. The Labute approximate surface area is 144 Å². The first-order chi connectivity index (χ1) is 11.9. The molecular weight excluding hydrogens is 325 g/mol. The van der Waals surface area contributed by atoms with E-state index in [0.717, 1.165) is 5.69 Å². The van der Waals surface area contributed by atoms with Crippen molar-refractivity contribution < 1.29 is 19.1 Å². The van der Waals surface area contributed by atoms with Crippen LogP contribution in [0.15, 0.2) is 30.5 Å². The summed E-state index contributed by atoms with van der Waals surface area (Å²) < 4.78 is 15.8. The number of carboxylic acid groups (broad SMARTS) is 1. The van der Waals surface area contributed by atoms with Crippen LogP contribution in [0.1, 0.15) is 34.5 Å². The number of nitrogens with zero attached hydrogens (tertiary/aromatic N) is 3. The molecule has 1 saturated heterocycles. The van der Waals surface area contributed by atoms with Crippen LogP contribution in [-0.4, -0.2) is 44.8 Å². The van der Waals surface area contributed by atoms with Crippen molar-refractivity contribution in [3.05, 3.63) is 53.1 Å². The maximum atomic E-state index is 14.1. The smallest absolute Gasteiger partial charge is 0.308 e. The molecule has 0 spiro atoms. The zero-order valence-corrected chi connectivity index (χ0v) is 14.1. The number of aromatic nitrogens is 2. The van der Waals surface area contributed by atoms with E-state index in [-0.39, 0.29) is 19.0 Å². The van der Waals surface area contributed by atoms with E-state index in [0.29, 0.717) is 17.7 Å². The van der Waals surface area contributed by atoms with Gasteiger partial charge in [0.1, 0.15) is 5.82 Å². The highest BCUT2D eigenvalue weighted by molar-refractivity contribution is 5.95. The predicted molar refractivity (Wildman–Crippen MR) is 88.8 cm³/mol. The van der Waals surface area contributed by atoms with Gasteiger partial charge in [-0.15, -0.1) is 0 Å². The number of aryl methyl sites for hydroxylation is 1. The number of hydrogen-bond acceptors (Lipinski definition) is 3. The maximum absolute atomic E-state index is 14.1. The fourth-order valence-electron chi connectivity index (χ4n) is 3.46. The normalized spacial score (nSPS) is 20.0. The van der Waals surface area contributed by atoms with Crippen molar-refractivity contribution in [3.8, 4) is 0 Å². The summed E-state index contributed by atoms with van der Waals surface area (Å²) in [5.74, 6) is -3.12. The van der Waals surface area contributed by atoms with Gasteiger partial charge >= 0.3 is 5.97 Å². The van der Waals surface area contributed by atoms with Crippen molar-refractivity contribution >= 4 is 11.9 Å².